The number of aryl methyl sites for hydroxylation is 3. The maximum Gasteiger partial charge on any atom is 0.332 e. The summed E-state index contributed by atoms with van der Waals surface area (Å²) in [6, 6.07) is 4.10. The number of fused-ring (bicyclic) bond motifs is 2. The molecule has 4 rings (SSSR count). The first-order valence-corrected chi connectivity index (χ1v) is 11.8. The van der Waals surface area contributed by atoms with Crippen molar-refractivity contribution >= 4 is 43.8 Å². The van der Waals surface area contributed by atoms with Crippen LogP contribution in [0.15, 0.2) is 28.0 Å². The van der Waals surface area contributed by atoms with Gasteiger partial charge in [-0.3, -0.25) is 23.6 Å². The number of benzene rings is 1. The summed E-state index contributed by atoms with van der Waals surface area (Å²) in [5.74, 6) is -0.191. The van der Waals surface area contributed by atoms with Gasteiger partial charge in [-0.05, 0) is 52.0 Å². The molecule has 0 aliphatic rings. The first-order chi connectivity index (χ1) is 16.1. The van der Waals surface area contributed by atoms with Crippen LogP contribution in [0, 0.1) is 13.8 Å². The van der Waals surface area contributed by atoms with E-state index in [0.29, 0.717) is 11.7 Å². The SMILES string of the molecule is Cc1ccc(C)c2sc(N(CCCN(C)C)C(=O)Cn3cnc4c3c(=O)n(C)c(=O)n4C)nc12. The minimum absolute atomic E-state index is 0.0835. The topological polar surface area (TPSA) is 98.3 Å². The number of hydrogen-bond donors (Lipinski definition) is 0. The Kier molecular flexibility index (Phi) is 6.41. The molecule has 3 aromatic heterocycles. The Bertz CT molecular complexity index is 1470. The molecule has 0 bridgehead atoms. The molecule has 0 radical (unpaired) electrons. The molecule has 10 nitrogen and oxygen atoms in total. The van der Waals surface area contributed by atoms with Crippen LogP contribution in [0.2, 0.25) is 0 Å². The lowest BCUT2D eigenvalue weighted by Crippen LogP contribution is -2.39. The van der Waals surface area contributed by atoms with E-state index >= 15 is 0 Å². The van der Waals surface area contributed by atoms with Crippen LogP contribution in [-0.2, 0) is 25.4 Å². The molecule has 34 heavy (non-hydrogen) atoms. The molecule has 180 valence electrons. The van der Waals surface area contributed by atoms with E-state index in [-0.39, 0.29) is 23.6 Å². The monoisotopic (exact) mass is 483 g/mol. The zero-order chi connectivity index (χ0) is 24.7. The summed E-state index contributed by atoms with van der Waals surface area (Å²) >= 11 is 1.50. The van der Waals surface area contributed by atoms with Crippen molar-refractivity contribution in [2.75, 3.05) is 32.1 Å². The second-order valence-corrected chi connectivity index (χ2v) is 9.80. The number of carbonyl (C=O) groups is 1. The van der Waals surface area contributed by atoms with E-state index in [1.54, 1.807) is 11.9 Å². The van der Waals surface area contributed by atoms with Gasteiger partial charge in [-0.25, -0.2) is 14.8 Å². The van der Waals surface area contributed by atoms with Crippen molar-refractivity contribution in [3.63, 3.8) is 0 Å². The van der Waals surface area contributed by atoms with Crippen LogP contribution in [0.3, 0.4) is 0 Å². The highest BCUT2D eigenvalue weighted by molar-refractivity contribution is 7.22. The highest BCUT2D eigenvalue weighted by Gasteiger charge is 2.23. The van der Waals surface area contributed by atoms with Gasteiger partial charge in [-0.1, -0.05) is 23.5 Å². The van der Waals surface area contributed by atoms with Gasteiger partial charge < -0.3 is 9.47 Å². The van der Waals surface area contributed by atoms with Crippen LogP contribution < -0.4 is 16.1 Å². The quantitative estimate of drug-likeness (QED) is 0.396. The third-order valence-corrected chi connectivity index (χ3v) is 7.19. The van der Waals surface area contributed by atoms with Crippen LogP contribution >= 0.6 is 11.3 Å². The fraction of sp³-hybridized carbons (Fsp3) is 0.435. The number of imidazole rings is 1. The summed E-state index contributed by atoms with van der Waals surface area (Å²) in [6.45, 7) is 5.29. The second-order valence-electron chi connectivity index (χ2n) is 8.83. The molecule has 1 amide bonds. The minimum atomic E-state index is -0.478. The fourth-order valence-electron chi connectivity index (χ4n) is 3.98. The maximum absolute atomic E-state index is 13.6. The predicted molar refractivity (Wildman–Crippen MR) is 135 cm³/mol. The Morgan fingerprint density at radius 1 is 1.06 bits per heavy atom. The zero-order valence-electron chi connectivity index (χ0n) is 20.3. The van der Waals surface area contributed by atoms with Gasteiger partial charge in [0.25, 0.3) is 5.56 Å². The number of aromatic nitrogens is 5. The summed E-state index contributed by atoms with van der Waals surface area (Å²) < 4.78 is 4.92. The summed E-state index contributed by atoms with van der Waals surface area (Å²) in [5, 5.41) is 0.640. The van der Waals surface area contributed by atoms with E-state index in [1.165, 1.54) is 33.8 Å². The minimum Gasteiger partial charge on any atom is -0.315 e. The van der Waals surface area contributed by atoms with Crippen LogP contribution in [0.1, 0.15) is 17.5 Å². The van der Waals surface area contributed by atoms with Gasteiger partial charge >= 0.3 is 5.69 Å². The number of rotatable bonds is 7. The molecule has 0 aliphatic heterocycles. The van der Waals surface area contributed by atoms with Crippen molar-refractivity contribution in [2.24, 2.45) is 14.1 Å². The van der Waals surface area contributed by atoms with E-state index in [4.69, 9.17) is 4.98 Å². The van der Waals surface area contributed by atoms with Crippen molar-refractivity contribution in [3.05, 3.63) is 50.4 Å². The van der Waals surface area contributed by atoms with E-state index in [9.17, 15) is 14.4 Å². The van der Waals surface area contributed by atoms with E-state index in [1.807, 2.05) is 34.0 Å². The lowest BCUT2D eigenvalue weighted by Gasteiger charge is -2.21. The van der Waals surface area contributed by atoms with Gasteiger partial charge in [0.05, 0.1) is 16.5 Å². The van der Waals surface area contributed by atoms with Gasteiger partial charge in [0, 0.05) is 20.6 Å². The van der Waals surface area contributed by atoms with Gasteiger partial charge in [-0.2, -0.15) is 0 Å². The predicted octanol–water partition coefficient (Wildman–Crippen LogP) is 1.65. The molecular weight excluding hydrogens is 454 g/mol. The average molecular weight is 484 g/mol. The molecule has 0 saturated carbocycles. The van der Waals surface area contributed by atoms with Gasteiger partial charge in [0.1, 0.15) is 6.54 Å². The molecule has 11 heteroatoms. The highest BCUT2D eigenvalue weighted by atomic mass is 32.1. The molecule has 0 unspecified atom stereocenters. The molecule has 0 N–H and O–H groups in total. The summed E-state index contributed by atoms with van der Waals surface area (Å²) in [7, 11) is 6.97. The van der Waals surface area contributed by atoms with E-state index in [2.05, 4.69) is 16.0 Å². The molecule has 4 aromatic rings. The molecule has 0 spiro atoms. The summed E-state index contributed by atoms with van der Waals surface area (Å²) in [6.07, 6.45) is 2.21. The molecule has 0 fully saturated rings. The molecule has 0 aliphatic carbocycles. The van der Waals surface area contributed by atoms with Crippen LogP contribution in [0.25, 0.3) is 21.4 Å². The number of carbonyl (C=O) groups excluding carboxylic acids is 1. The lowest BCUT2D eigenvalue weighted by molar-refractivity contribution is -0.119. The number of nitrogens with zero attached hydrogens (tertiary/aromatic N) is 7. The first kappa shape index (κ1) is 23.8. The Hall–Kier alpha value is -3.31. The van der Waals surface area contributed by atoms with Crippen LogP contribution in [0.4, 0.5) is 5.13 Å². The normalized spacial score (nSPS) is 11.7. The Balaban J connectivity index is 1.74. The summed E-state index contributed by atoms with van der Waals surface area (Å²) in [4.78, 5) is 51.4. The van der Waals surface area contributed by atoms with Crippen molar-refractivity contribution in [3.8, 4) is 0 Å². The van der Waals surface area contributed by atoms with Crippen LogP contribution in [-0.4, -0.2) is 61.7 Å². The van der Waals surface area contributed by atoms with Crippen molar-refractivity contribution in [2.45, 2.75) is 26.8 Å². The smallest absolute Gasteiger partial charge is 0.315 e. The molecular formula is C23H29N7O3S. The number of hydrogen-bond acceptors (Lipinski definition) is 7. The Labute approximate surface area is 200 Å². The fourth-order valence-corrected chi connectivity index (χ4v) is 5.14. The van der Waals surface area contributed by atoms with Crippen molar-refractivity contribution in [1.82, 2.24) is 28.6 Å². The van der Waals surface area contributed by atoms with Crippen molar-refractivity contribution in [1.29, 1.82) is 0 Å². The molecule has 1 aromatic carbocycles. The highest BCUT2D eigenvalue weighted by Crippen LogP contribution is 2.33. The largest absolute Gasteiger partial charge is 0.332 e. The standard InChI is InChI=1S/C23H29N7O3S/c1-14-8-9-15(2)19-17(14)25-22(34-19)30(11-7-10-26(3)4)16(31)12-29-13-24-20-18(29)21(32)28(6)23(33)27(20)5/h8-9,13H,7,10-12H2,1-6H3. The number of amides is 1. The number of anilines is 1. The van der Waals surface area contributed by atoms with Crippen molar-refractivity contribution < 1.29 is 4.79 Å². The third-order valence-electron chi connectivity index (χ3n) is 5.97. The van der Waals surface area contributed by atoms with Gasteiger partial charge in [0.15, 0.2) is 16.3 Å². The number of thiazole rings is 1. The second kappa shape index (κ2) is 9.15. The Morgan fingerprint density at radius 3 is 2.44 bits per heavy atom. The van der Waals surface area contributed by atoms with Crippen LogP contribution in [0.5, 0.6) is 0 Å². The maximum atomic E-state index is 13.6. The molecule has 0 atom stereocenters. The van der Waals surface area contributed by atoms with Gasteiger partial charge in [-0.15, -0.1) is 0 Å². The van der Waals surface area contributed by atoms with Gasteiger partial charge in [0.2, 0.25) is 5.91 Å². The van der Waals surface area contributed by atoms with E-state index < -0.39 is 11.2 Å². The average Bonchev–Trinajstić information content (AvgIpc) is 3.42. The Morgan fingerprint density at radius 2 is 1.76 bits per heavy atom. The molecule has 0 saturated heterocycles. The van der Waals surface area contributed by atoms with E-state index in [0.717, 1.165) is 38.9 Å². The zero-order valence-corrected chi connectivity index (χ0v) is 21.1. The first-order valence-electron chi connectivity index (χ1n) is 11.0. The summed E-state index contributed by atoms with van der Waals surface area (Å²) in [5.41, 5.74) is 2.63. The molecule has 3 heterocycles. The third kappa shape index (κ3) is 4.16. The lowest BCUT2D eigenvalue weighted by atomic mass is 10.1.